The van der Waals surface area contributed by atoms with Crippen molar-refractivity contribution in [3.8, 4) is 10.4 Å². The van der Waals surface area contributed by atoms with Gasteiger partial charge in [-0.15, -0.1) is 11.3 Å². The molecule has 37 heavy (non-hydrogen) atoms. The van der Waals surface area contributed by atoms with E-state index < -0.39 is 9.84 Å². The average molecular weight is 546 g/mol. The van der Waals surface area contributed by atoms with Gasteiger partial charge in [-0.05, 0) is 77.3 Å². The van der Waals surface area contributed by atoms with Crippen molar-refractivity contribution in [2.75, 3.05) is 11.9 Å². The van der Waals surface area contributed by atoms with Crippen LogP contribution in [0.2, 0.25) is 0 Å². The molecule has 0 saturated heterocycles. The number of sulfone groups is 1. The summed E-state index contributed by atoms with van der Waals surface area (Å²) in [4.78, 5) is 29.2. The lowest BCUT2D eigenvalue weighted by atomic mass is 9.86. The van der Waals surface area contributed by atoms with E-state index in [1.165, 1.54) is 0 Å². The van der Waals surface area contributed by atoms with Crippen molar-refractivity contribution in [2.24, 2.45) is 5.41 Å². The second kappa shape index (κ2) is 10.4. The number of ether oxygens (including phenoxy) is 1. The Balaban J connectivity index is 1.30. The molecule has 5 rings (SSSR count). The average Bonchev–Trinajstić information content (AvgIpc) is 3.80. The van der Waals surface area contributed by atoms with Crippen LogP contribution in [0.1, 0.15) is 76.1 Å². The fraction of sp³-hybridized carbons (Fsp3) is 0.593. The molecule has 0 unspecified atom stereocenters. The molecule has 1 amide bonds. The van der Waals surface area contributed by atoms with Crippen LogP contribution in [0, 0.1) is 5.41 Å². The van der Waals surface area contributed by atoms with Gasteiger partial charge >= 0.3 is 6.09 Å². The van der Waals surface area contributed by atoms with Crippen molar-refractivity contribution in [1.29, 1.82) is 0 Å². The molecule has 1 aromatic carbocycles. The van der Waals surface area contributed by atoms with E-state index in [0.717, 1.165) is 60.4 Å². The summed E-state index contributed by atoms with van der Waals surface area (Å²) in [5, 5.41) is 6.94. The quantitative estimate of drug-likeness (QED) is 0.390. The standard InChI is InChI=1S/C27H35N3O5S2/c1-17(2)35-26(32)30-19-5-3-18(4-6-19)25-28-14-23(36-25)22-10-7-20(29-15-27(16-31)11-12-27)13-24(22)37(33,34)21-8-9-21/h7,10,13-14,16-19,21,29H,3-6,8-9,11-12,15H2,1-2H3,(H,30,32). The molecule has 3 aliphatic rings. The predicted octanol–water partition coefficient (Wildman–Crippen LogP) is 5.30. The minimum absolute atomic E-state index is 0.103. The highest BCUT2D eigenvalue weighted by atomic mass is 32.2. The number of aldehydes is 1. The fourth-order valence-corrected chi connectivity index (χ4v) is 7.99. The molecule has 8 nitrogen and oxygen atoms in total. The van der Waals surface area contributed by atoms with Gasteiger partial charge in [-0.2, -0.15) is 0 Å². The molecule has 0 spiro atoms. The molecule has 2 aromatic rings. The van der Waals surface area contributed by atoms with E-state index in [4.69, 9.17) is 9.72 Å². The van der Waals surface area contributed by atoms with Gasteiger partial charge < -0.3 is 20.2 Å². The number of benzene rings is 1. The summed E-state index contributed by atoms with van der Waals surface area (Å²) in [7, 11) is -3.44. The van der Waals surface area contributed by atoms with Gasteiger partial charge in [0, 0.05) is 41.4 Å². The number of carbonyl (C=O) groups is 2. The summed E-state index contributed by atoms with van der Waals surface area (Å²) in [5.41, 5.74) is 1.12. The van der Waals surface area contributed by atoms with E-state index in [0.29, 0.717) is 35.8 Å². The Morgan fingerprint density at radius 1 is 1.19 bits per heavy atom. The molecule has 1 aromatic heterocycles. The first-order valence-corrected chi connectivity index (χ1v) is 15.6. The lowest BCUT2D eigenvalue weighted by Gasteiger charge is -2.28. The summed E-state index contributed by atoms with van der Waals surface area (Å²) in [6, 6.07) is 5.60. The highest BCUT2D eigenvalue weighted by molar-refractivity contribution is 7.92. The van der Waals surface area contributed by atoms with Crippen LogP contribution in [-0.4, -0.2) is 49.7 Å². The van der Waals surface area contributed by atoms with E-state index in [-0.39, 0.29) is 28.9 Å². The monoisotopic (exact) mass is 545 g/mol. The highest BCUT2D eigenvalue weighted by Crippen LogP contribution is 2.45. The van der Waals surface area contributed by atoms with Gasteiger partial charge in [-0.3, -0.25) is 0 Å². The van der Waals surface area contributed by atoms with Crippen LogP contribution in [0.4, 0.5) is 10.5 Å². The normalized spacial score (nSPS) is 22.9. The third kappa shape index (κ3) is 6.00. The number of amides is 1. The number of anilines is 1. The van der Waals surface area contributed by atoms with Crippen LogP contribution in [0.25, 0.3) is 10.4 Å². The Morgan fingerprint density at radius 3 is 2.54 bits per heavy atom. The third-order valence-corrected chi connectivity index (χ3v) is 11.1. The van der Waals surface area contributed by atoms with Gasteiger partial charge in [0.15, 0.2) is 9.84 Å². The number of hydrogen-bond acceptors (Lipinski definition) is 8. The Labute approximate surface area is 222 Å². The van der Waals surface area contributed by atoms with Gasteiger partial charge in [0.1, 0.15) is 6.29 Å². The SMILES string of the molecule is CC(C)OC(=O)NC1CCC(c2ncc(-c3ccc(NCC4(C=O)CC4)cc3S(=O)(=O)C3CC3)s2)CC1. The smallest absolute Gasteiger partial charge is 0.407 e. The first-order chi connectivity index (χ1) is 17.7. The van der Waals surface area contributed by atoms with Crippen LogP contribution in [0.15, 0.2) is 29.3 Å². The lowest BCUT2D eigenvalue weighted by Crippen LogP contribution is -2.38. The Kier molecular flexibility index (Phi) is 7.33. The molecule has 0 aliphatic heterocycles. The van der Waals surface area contributed by atoms with Gasteiger partial charge in [0.25, 0.3) is 0 Å². The van der Waals surface area contributed by atoms with Gasteiger partial charge in [-0.25, -0.2) is 18.2 Å². The molecular formula is C27H35N3O5S2. The van der Waals surface area contributed by atoms with E-state index >= 15 is 0 Å². The summed E-state index contributed by atoms with van der Waals surface area (Å²) in [6.07, 6.45) is 8.98. The molecule has 0 atom stereocenters. The lowest BCUT2D eigenvalue weighted by molar-refractivity contribution is -0.111. The second-order valence-electron chi connectivity index (χ2n) is 11.0. The number of aromatic nitrogens is 1. The Bertz CT molecular complexity index is 1260. The molecule has 3 aliphatic carbocycles. The van der Waals surface area contributed by atoms with E-state index in [1.807, 2.05) is 26.0 Å². The van der Waals surface area contributed by atoms with Crippen LogP contribution in [-0.2, 0) is 19.4 Å². The van der Waals surface area contributed by atoms with Crippen molar-refractivity contribution in [1.82, 2.24) is 10.3 Å². The van der Waals surface area contributed by atoms with E-state index in [1.54, 1.807) is 23.6 Å². The third-order valence-electron chi connectivity index (χ3n) is 7.57. The summed E-state index contributed by atoms with van der Waals surface area (Å²) >= 11 is 1.56. The summed E-state index contributed by atoms with van der Waals surface area (Å²) in [6.45, 7) is 4.19. The van der Waals surface area contributed by atoms with Crippen LogP contribution in [0.3, 0.4) is 0 Å². The minimum atomic E-state index is -3.44. The number of alkyl carbamates (subject to hydrolysis) is 1. The van der Waals surface area contributed by atoms with Crippen molar-refractivity contribution in [3.63, 3.8) is 0 Å². The summed E-state index contributed by atoms with van der Waals surface area (Å²) in [5.74, 6) is 0.292. The maximum absolute atomic E-state index is 13.4. The van der Waals surface area contributed by atoms with Crippen molar-refractivity contribution < 1.29 is 22.7 Å². The number of thiazole rings is 1. The molecule has 200 valence electrons. The minimum Gasteiger partial charge on any atom is -0.447 e. The number of rotatable bonds is 10. The zero-order valence-corrected chi connectivity index (χ0v) is 23.0. The molecule has 3 saturated carbocycles. The predicted molar refractivity (Wildman–Crippen MR) is 144 cm³/mol. The Hall–Kier alpha value is -2.46. The number of hydrogen-bond donors (Lipinski definition) is 2. The first kappa shape index (κ1) is 26.2. The van der Waals surface area contributed by atoms with Gasteiger partial charge in [-0.1, -0.05) is 6.07 Å². The molecular weight excluding hydrogens is 510 g/mol. The maximum atomic E-state index is 13.4. The first-order valence-electron chi connectivity index (χ1n) is 13.2. The van der Waals surface area contributed by atoms with Gasteiger partial charge in [0.2, 0.25) is 0 Å². The zero-order chi connectivity index (χ0) is 26.2. The largest absolute Gasteiger partial charge is 0.447 e. The zero-order valence-electron chi connectivity index (χ0n) is 21.4. The second-order valence-corrected chi connectivity index (χ2v) is 14.3. The molecule has 0 radical (unpaired) electrons. The molecule has 1 heterocycles. The van der Waals surface area contributed by atoms with Crippen LogP contribution >= 0.6 is 11.3 Å². The van der Waals surface area contributed by atoms with Crippen molar-refractivity contribution in [3.05, 3.63) is 29.4 Å². The van der Waals surface area contributed by atoms with Crippen molar-refractivity contribution >= 4 is 39.2 Å². The summed E-state index contributed by atoms with van der Waals surface area (Å²) < 4.78 is 31.9. The number of nitrogens with zero attached hydrogens (tertiary/aromatic N) is 1. The topological polar surface area (TPSA) is 114 Å². The van der Waals surface area contributed by atoms with Crippen molar-refractivity contribution in [2.45, 2.75) is 93.4 Å². The van der Waals surface area contributed by atoms with Crippen LogP contribution < -0.4 is 10.6 Å². The fourth-order valence-electron chi connectivity index (χ4n) is 4.90. The van der Waals surface area contributed by atoms with E-state index in [2.05, 4.69) is 10.6 Å². The van der Waals surface area contributed by atoms with Gasteiger partial charge in [0.05, 0.1) is 26.1 Å². The molecule has 0 bridgehead atoms. The molecule has 3 fully saturated rings. The van der Waals surface area contributed by atoms with E-state index in [9.17, 15) is 18.0 Å². The number of nitrogens with one attached hydrogen (secondary N) is 2. The Morgan fingerprint density at radius 2 is 1.92 bits per heavy atom. The maximum Gasteiger partial charge on any atom is 0.407 e. The number of carbonyl (C=O) groups excluding carboxylic acids is 2. The molecule has 2 N–H and O–H groups in total. The van der Waals surface area contributed by atoms with Crippen LogP contribution in [0.5, 0.6) is 0 Å². The highest BCUT2D eigenvalue weighted by Gasteiger charge is 2.42. The molecule has 10 heteroatoms.